The molecule has 0 radical (unpaired) electrons. The second-order valence-corrected chi connectivity index (χ2v) is 6.16. The lowest BCUT2D eigenvalue weighted by atomic mass is 10.1. The zero-order chi connectivity index (χ0) is 18.0. The normalized spacial score (nSPS) is 12.3. The van der Waals surface area contributed by atoms with Gasteiger partial charge in [-0.1, -0.05) is 12.1 Å². The smallest absolute Gasteiger partial charge is 0.345 e. The summed E-state index contributed by atoms with van der Waals surface area (Å²) in [6, 6.07) is 7.54. The SMILES string of the molecule is Cc1nc(=O)[nH]c(C)c1CCC(=O)N[C@@H](C)c1nc2ccccc2[nH]1. The van der Waals surface area contributed by atoms with Crippen LogP contribution in [0.25, 0.3) is 11.0 Å². The molecule has 25 heavy (non-hydrogen) atoms. The Balaban J connectivity index is 1.63. The van der Waals surface area contributed by atoms with Crippen LogP contribution >= 0.6 is 0 Å². The topological polar surface area (TPSA) is 104 Å². The van der Waals surface area contributed by atoms with E-state index in [0.717, 1.165) is 28.1 Å². The summed E-state index contributed by atoms with van der Waals surface area (Å²) < 4.78 is 0. The summed E-state index contributed by atoms with van der Waals surface area (Å²) in [5.41, 5.74) is 3.80. The number of amides is 1. The van der Waals surface area contributed by atoms with E-state index in [1.807, 2.05) is 38.1 Å². The lowest BCUT2D eigenvalue weighted by Crippen LogP contribution is -2.28. The fourth-order valence-corrected chi connectivity index (χ4v) is 2.92. The number of carbonyl (C=O) groups excluding carboxylic acids is 1. The van der Waals surface area contributed by atoms with Crippen molar-refractivity contribution in [2.45, 2.75) is 39.7 Å². The van der Waals surface area contributed by atoms with Gasteiger partial charge in [0, 0.05) is 17.8 Å². The van der Waals surface area contributed by atoms with Crippen molar-refractivity contribution in [2.24, 2.45) is 0 Å². The zero-order valence-corrected chi connectivity index (χ0v) is 14.5. The molecule has 0 aliphatic carbocycles. The molecule has 0 aliphatic rings. The fraction of sp³-hybridized carbons (Fsp3) is 0.333. The van der Waals surface area contributed by atoms with Crippen molar-refractivity contribution in [1.29, 1.82) is 0 Å². The minimum Gasteiger partial charge on any atom is -0.346 e. The van der Waals surface area contributed by atoms with E-state index in [9.17, 15) is 9.59 Å². The average Bonchev–Trinajstić information content (AvgIpc) is 2.98. The molecule has 1 amide bonds. The largest absolute Gasteiger partial charge is 0.346 e. The summed E-state index contributed by atoms with van der Waals surface area (Å²) in [6.07, 6.45) is 0.847. The maximum atomic E-state index is 12.3. The Labute approximate surface area is 144 Å². The lowest BCUT2D eigenvalue weighted by molar-refractivity contribution is -0.121. The summed E-state index contributed by atoms with van der Waals surface area (Å²) in [7, 11) is 0. The molecule has 0 saturated heterocycles. The lowest BCUT2D eigenvalue weighted by Gasteiger charge is -2.12. The van der Waals surface area contributed by atoms with Crippen molar-refractivity contribution in [3.05, 3.63) is 57.5 Å². The number of hydrogen-bond acceptors (Lipinski definition) is 4. The number of fused-ring (bicyclic) bond motifs is 1. The molecule has 0 saturated carbocycles. The van der Waals surface area contributed by atoms with E-state index in [4.69, 9.17) is 0 Å². The molecule has 2 aromatic heterocycles. The van der Waals surface area contributed by atoms with Crippen LogP contribution in [0, 0.1) is 13.8 Å². The van der Waals surface area contributed by atoms with Gasteiger partial charge in [-0.2, -0.15) is 4.98 Å². The first-order chi connectivity index (χ1) is 11.9. The minimum absolute atomic E-state index is 0.0713. The number of H-pyrrole nitrogens is 2. The van der Waals surface area contributed by atoms with E-state index in [-0.39, 0.29) is 17.6 Å². The quantitative estimate of drug-likeness (QED) is 0.662. The number of para-hydroxylation sites is 2. The Morgan fingerprint density at radius 3 is 2.68 bits per heavy atom. The zero-order valence-electron chi connectivity index (χ0n) is 14.5. The molecule has 1 atom stereocenters. The third-order valence-electron chi connectivity index (χ3n) is 4.25. The summed E-state index contributed by atoms with van der Waals surface area (Å²) in [5, 5.41) is 2.95. The van der Waals surface area contributed by atoms with Gasteiger partial charge in [-0.25, -0.2) is 9.78 Å². The Morgan fingerprint density at radius 1 is 1.20 bits per heavy atom. The Bertz CT molecular complexity index is 914. The van der Waals surface area contributed by atoms with Gasteiger partial charge in [-0.05, 0) is 44.9 Å². The second-order valence-electron chi connectivity index (χ2n) is 6.16. The van der Waals surface area contributed by atoms with Gasteiger partial charge in [0.1, 0.15) is 5.82 Å². The van der Waals surface area contributed by atoms with Gasteiger partial charge < -0.3 is 15.3 Å². The number of nitrogens with zero attached hydrogens (tertiary/aromatic N) is 2. The summed E-state index contributed by atoms with van der Waals surface area (Å²) in [5.74, 6) is 0.658. The highest BCUT2D eigenvalue weighted by atomic mass is 16.1. The van der Waals surface area contributed by atoms with Crippen LogP contribution in [0.5, 0.6) is 0 Å². The molecule has 3 aromatic rings. The number of rotatable bonds is 5. The molecule has 0 bridgehead atoms. The van der Waals surface area contributed by atoms with Gasteiger partial charge in [0.15, 0.2) is 0 Å². The number of hydrogen-bond donors (Lipinski definition) is 3. The van der Waals surface area contributed by atoms with Crippen molar-refractivity contribution < 1.29 is 4.79 Å². The van der Waals surface area contributed by atoms with E-state index in [2.05, 4.69) is 25.3 Å². The van der Waals surface area contributed by atoms with Crippen LogP contribution in [-0.2, 0) is 11.2 Å². The third kappa shape index (κ3) is 3.76. The van der Waals surface area contributed by atoms with Gasteiger partial charge in [-0.3, -0.25) is 4.79 Å². The maximum Gasteiger partial charge on any atom is 0.345 e. The molecule has 3 rings (SSSR count). The van der Waals surface area contributed by atoms with Crippen LogP contribution < -0.4 is 11.0 Å². The van der Waals surface area contributed by atoms with Crippen LogP contribution in [0.2, 0.25) is 0 Å². The van der Waals surface area contributed by atoms with Crippen molar-refractivity contribution in [3.8, 4) is 0 Å². The summed E-state index contributed by atoms with van der Waals surface area (Å²) in [6.45, 7) is 5.50. The molecule has 0 spiro atoms. The number of carbonyl (C=O) groups is 1. The van der Waals surface area contributed by atoms with Crippen LogP contribution in [-0.4, -0.2) is 25.8 Å². The van der Waals surface area contributed by atoms with Gasteiger partial charge >= 0.3 is 5.69 Å². The maximum absolute atomic E-state index is 12.3. The van der Waals surface area contributed by atoms with E-state index < -0.39 is 0 Å². The highest BCUT2D eigenvalue weighted by Gasteiger charge is 2.14. The number of imidazole rings is 1. The Hall–Kier alpha value is -2.96. The van der Waals surface area contributed by atoms with E-state index >= 15 is 0 Å². The van der Waals surface area contributed by atoms with Crippen molar-refractivity contribution in [1.82, 2.24) is 25.3 Å². The van der Waals surface area contributed by atoms with Crippen LogP contribution in [0.4, 0.5) is 0 Å². The van der Waals surface area contributed by atoms with Crippen LogP contribution in [0.15, 0.2) is 29.1 Å². The average molecular weight is 339 g/mol. The number of aromatic nitrogens is 4. The van der Waals surface area contributed by atoms with Crippen LogP contribution in [0.1, 0.15) is 42.2 Å². The van der Waals surface area contributed by atoms with Crippen molar-refractivity contribution >= 4 is 16.9 Å². The Kier molecular flexibility index (Phi) is 4.65. The van der Waals surface area contributed by atoms with Gasteiger partial charge in [-0.15, -0.1) is 0 Å². The molecule has 3 N–H and O–H groups in total. The third-order valence-corrected chi connectivity index (χ3v) is 4.25. The highest BCUT2D eigenvalue weighted by Crippen LogP contribution is 2.16. The number of aryl methyl sites for hydroxylation is 2. The van der Waals surface area contributed by atoms with E-state index in [0.29, 0.717) is 18.5 Å². The predicted octanol–water partition coefficient (Wildman–Crippen LogP) is 2.07. The highest BCUT2D eigenvalue weighted by molar-refractivity contribution is 5.77. The van der Waals surface area contributed by atoms with E-state index in [1.165, 1.54) is 0 Å². The molecule has 7 nitrogen and oxygen atoms in total. The van der Waals surface area contributed by atoms with Crippen LogP contribution in [0.3, 0.4) is 0 Å². The summed E-state index contributed by atoms with van der Waals surface area (Å²) in [4.78, 5) is 37.9. The monoisotopic (exact) mass is 339 g/mol. The molecular formula is C18H21N5O2. The molecule has 0 aliphatic heterocycles. The standard InChI is InChI=1S/C18H21N5O2/c1-10-13(11(2)21-18(25)20-10)8-9-16(24)19-12(3)17-22-14-6-4-5-7-15(14)23-17/h4-7,12H,8-9H2,1-3H3,(H,19,24)(H,22,23)(H,20,21,25)/t12-/m0/s1. The van der Waals surface area contributed by atoms with Crippen molar-refractivity contribution in [3.63, 3.8) is 0 Å². The predicted molar refractivity (Wildman–Crippen MR) is 95.3 cm³/mol. The number of benzene rings is 1. The first-order valence-corrected chi connectivity index (χ1v) is 8.24. The minimum atomic E-state index is -0.360. The number of aromatic amines is 2. The molecule has 0 unspecified atom stereocenters. The van der Waals surface area contributed by atoms with Gasteiger partial charge in [0.05, 0.1) is 17.1 Å². The number of nitrogens with one attached hydrogen (secondary N) is 3. The van der Waals surface area contributed by atoms with Gasteiger partial charge in [0.2, 0.25) is 5.91 Å². The fourth-order valence-electron chi connectivity index (χ4n) is 2.92. The molecule has 7 heteroatoms. The first-order valence-electron chi connectivity index (χ1n) is 8.24. The van der Waals surface area contributed by atoms with E-state index in [1.54, 1.807) is 6.92 Å². The molecular weight excluding hydrogens is 318 g/mol. The molecule has 130 valence electrons. The molecule has 0 fully saturated rings. The van der Waals surface area contributed by atoms with Gasteiger partial charge in [0.25, 0.3) is 0 Å². The Morgan fingerprint density at radius 2 is 1.96 bits per heavy atom. The van der Waals surface area contributed by atoms with Crippen molar-refractivity contribution in [2.75, 3.05) is 0 Å². The first kappa shape index (κ1) is 16.9. The second kappa shape index (κ2) is 6.88. The molecule has 1 aromatic carbocycles. The summed E-state index contributed by atoms with van der Waals surface area (Å²) >= 11 is 0. The molecule has 2 heterocycles.